The minimum absolute atomic E-state index is 1.03. The van der Waals surface area contributed by atoms with Crippen LogP contribution in [0.4, 0.5) is 17.1 Å². The number of hydrogen-bond acceptors (Lipinski definition) is 4. The first-order valence-electron chi connectivity index (χ1n) is 18.1. The third kappa shape index (κ3) is 3.78. The summed E-state index contributed by atoms with van der Waals surface area (Å²) in [5, 5.41) is 8.22. The van der Waals surface area contributed by atoms with E-state index in [4.69, 9.17) is 0 Å². The molecule has 52 heavy (non-hydrogen) atoms. The standard InChI is InChI=1S/C48H32N2S2/c1-49-37-23-24-38-48-34(32-20-18-28(26-40(32)50(38)2)30-12-8-16-44-46(30)36-10-4-6-14-42(36)52-44)22-21-33(47(37)48)31-19-17-27(25-39(31)49)29-11-7-15-43-45(29)35-9-3-5-13-41(35)51-43/h3-17,19,21-26H,18,20H2,1-2H3. The van der Waals surface area contributed by atoms with Crippen molar-refractivity contribution >= 4 is 102 Å². The average molecular weight is 701 g/mol. The number of benzene rings is 7. The van der Waals surface area contributed by atoms with Gasteiger partial charge in [0, 0.05) is 93.5 Å². The third-order valence-electron chi connectivity index (χ3n) is 11.9. The first-order valence-corrected chi connectivity index (χ1v) is 19.7. The number of likely N-dealkylation sites (N-methyl/N-ethyl adjacent to an activating group) is 1. The van der Waals surface area contributed by atoms with Gasteiger partial charge in [-0.05, 0) is 100 Å². The quantitative estimate of drug-likeness (QED) is 0.177. The fourth-order valence-electron chi connectivity index (χ4n) is 9.51. The number of thiophene rings is 2. The molecule has 3 aliphatic rings. The molecule has 7 aromatic carbocycles. The van der Waals surface area contributed by atoms with Crippen LogP contribution in [0.5, 0.6) is 0 Å². The lowest BCUT2D eigenvalue weighted by Crippen LogP contribution is -2.24. The van der Waals surface area contributed by atoms with E-state index < -0.39 is 0 Å². The number of hydrogen-bond donors (Lipinski definition) is 0. The van der Waals surface area contributed by atoms with Gasteiger partial charge in [0.05, 0.1) is 0 Å². The Morgan fingerprint density at radius 2 is 1.04 bits per heavy atom. The van der Waals surface area contributed by atoms with Gasteiger partial charge in [-0.2, -0.15) is 0 Å². The molecule has 12 rings (SSSR count). The fraction of sp³-hybridized carbons (Fsp3) is 0.0833. The van der Waals surface area contributed by atoms with Crippen LogP contribution in [0.25, 0.3) is 84.5 Å². The zero-order valence-corrected chi connectivity index (χ0v) is 30.5. The lowest BCUT2D eigenvalue weighted by Gasteiger charge is -2.38. The highest BCUT2D eigenvalue weighted by molar-refractivity contribution is 7.26. The number of fused-ring (bicyclic) bond motifs is 9. The summed E-state index contributed by atoms with van der Waals surface area (Å²) in [5.41, 5.74) is 16.0. The van der Waals surface area contributed by atoms with Crippen molar-refractivity contribution in [1.29, 1.82) is 0 Å². The Kier molecular flexibility index (Phi) is 5.82. The van der Waals surface area contributed by atoms with Gasteiger partial charge in [-0.3, -0.25) is 0 Å². The van der Waals surface area contributed by atoms with Crippen molar-refractivity contribution in [2.45, 2.75) is 12.8 Å². The second-order valence-corrected chi connectivity index (χ2v) is 16.6. The number of anilines is 3. The molecule has 0 radical (unpaired) electrons. The summed E-state index contributed by atoms with van der Waals surface area (Å²) in [6.45, 7) is 0. The predicted molar refractivity (Wildman–Crippen MR) is 228 cm³/mol. The van der Waals surface area contributed by atoms with Crippen LogP contribution in [0.3, 0.4) is 0 Å². The van der Waals surface area contributed by atoms with Crippen LogP contribution in [0.15, 0.2) is 139 Å². The Morgan fingerprint density at radius 3 is 1.79 bits per heavy atom. The lowest BCUT2D eigenvalue weighted by molar-refractivity contribution is 1.01. The van der Waals surface area contributed by atoms with Crippen LogP contribution in [-0.2, 0) is 0 Å². The van der Waals surface area contributed by atoms with Gasteiger partial charge >= 0.3 is 0 Å². The van der Waals surface area contributed by atoms with Crippen LogP contribution < -0.4 is 9.80 Å². The molecule has 9 aromatic rings. The minimum atomic E-state index is 1.03. The molecular weight excluding hydrogens is 669 g/mol. The van der Waals surface area contributed by atoms with Gasteiger partial charge in [-0.1, -0.05) is 84.9 Å². The minimum Gasteiger partial charge on any atom is -0.344 e. The summed E-state index contributed by atoms with van der Waals surface area (Å²) in [6.07, 6.45) is 4.55. The van der Waals surface area contributed by atoms with Gasteiger partial charge in [0.25, 0.3) is 0 Å². The molecule has 0 spiro atoms. The molecule has 0 saturated heterocycles. The monoisotopic (exact) mass is 700 g/mol. The molecular formula is C48H32N2S2. The van der Waals surface area contributed by atoms with Crippen LogP contribution >= 0.6 is 22.7 Å². The normalized spacial score (nSPS) is 14.9. The maximum absolute atomic E-state index is 2.49. The van der Waals surface area contributed by atoms with E-state index in [1.165, 1.54) is 118 Å². The zero-order valence-electron chi connectivity index (χ0n) is 28.8. The third-order valence-corrected chi connectivity index (χ3v) is 14.2. The first kappa shape index (κ1) is 29.0. The van der Waals surface area contributed by atoms with Gasteiger partial charge in [0.15, 0.2) is 0 Å². The van der Waals surface area contributed by atoms with Gasteiger partial charge in [0.1, 0.15) is 0 Å². The first-order chi connectivity index (χ1) is 25.6. The Hall–Kier alpha value is -5.68. The molecule has 0 unspecified atom stereocenters. The van der Waals surface area contributed by atoms with Crippen molar-refractivity contribution < 1.29 is 0 Å². The van der Waals surface area contributed by atoms with Crippen molar-refractivity contribution in [3.63, 3.8) is 0 Å². The molecule has 4 heteroatoms. The van der Waals surface area contributed by atoms with E-state index in [2.05, 4.69) is 157 Å². The second-order valence-electron chi connectivity index (χ2n) is 14.5. The number of allylic oxidation sites excluding steroid dienone is 3. The molecule has 0 saturated carbocycles. The van der Waals surface area contributed by atoms with Gasteiger partial charge in [-0.15, -0.1) is 22.7 Å². The summed E-state index contributed by atoms with van der Waals surface area (Å²) in [5.74, 6) is 0. The highest BCUT2D eigenvalue weighted by Gasteiger charge is 2.32. The van der Waals surface area contributed by atoms with Crippen LogP contribution in [0, 0.1) is 0 Å². The molecule has 0 atom stereocenters. The topological polar surface area (TPSA) is 6.48 Å². The Labute approximate surface area is 309 Å². The molecule has 2 nitrogen and oxygen atoms in total. The maximum Gasteiger partial charge on any atom is 0.0496 e. The molecule has 0 amide bonds. The van der Waals surface area contributed by atoms with E-state index in [1.54, 1.807) is 0 Å². The molecule has 4 heterocycles. The van der Waals surface area contributed by atoms with Gasteiger partial charge in [0.2, 0.25) is 0 Å². The van der Waals surface area contributed by atoms with Crippen molar-refractivity contribution in [2.24, 2.45) is 0 Å². The van der Waals surface area contributed by atoms with Gasteiger partial charge < -0.3 is 9.80 Å². The number of rotatable bonds is 2. The second kappa shape index (κ2) is 10.4. The molecule has 246 valence electrons. The smallest absolute Gasteiger partial charge is 0.0496 e. The van der Waals surface area contributed by atoms with E-state index in [-0.39, 0.29) is 0 Å². The van der Waals surface area contributed by atoms with E-state index in [0.717, 1.165) is 12.8 Å². The SMILES string of the molecule is CN1C2=C(CCC(c3cccc4sc5ccccc5c34)=C2)c2ccc3c4c(ccc1c24)N(C)c1cc(-c2cccc4sc5ccccc5c24)ccc1-3. The molecule has 1 aliphatic carbocycles. The summed E-state index contributed by atoms with van der Waals surface area (Å²) in [7, 11) is 4.52. The predicted octanol–water partition coefficient (Wildman–Crippen LogP) is 14.0. The van der Waals surface area contributed by atoms with E-state index >= 15 is 0 Å². The van der Waals surface area contributed by atoms with Crippen LogP contribution in [0.2, 0.25) is 0 Å². The molecule has 2 aromatic heterocycles. The van der Waals surface area contributed by atoms with Crippen LogP contribution in [-0.4, -0.2) is 14.1 Å². The maximum atomic E-state index is 2.49. The van der Waals surface area contributed by atoms with Crippen LogP contribution in [0.1, 0.15) is 24.0 Å². The van der Waals surface area contributed by atoms with E-state index in [9.17, 15) is 0 Å². The van der Waals surface area contributed by atoms with Crippen molar-refractivity contribution in [3.8, 4) is 22.3 Å². The fourth-order valence-corrected chi connectivity index (χ4v) is 11.8. The molecule has 2 aliphatic heterocycles. The highest BCUT2D eigenvalue weighted by Crippen LogP contribution is 2.55. The molecule has 0 fully saturated rings. The van der Waals surface area contributed by atoms with Crippen molar-refractivity contribution in [3.05, 3.63) is 150 Å². The number of nitrogens with zero attached hydrogens (tertiary/aromatic N) is 2. The Balaban J connectivity index is 1.01. The largest absolute Gasteiger partial charge is 0.344 e. The van der Waals surface area contributed by atoms with Crippen molar-refractivity contribution in [2.75, 3.05) is 23.9 Å². The Bertz CT molecular complexity index is 3120. The summed E-state index contributed by atoms with van der Waals surface area (Å²) < 4.78 is 5.42. The summed E-state index contributed by atoms with van der Waals surface area (Å²) in [6, 6.07) is 47.9. The lowest BCUT2D eigenvalue weighted by atomic mass is 9.80. The zero-order chi connectivity index (χ0) is 34.2. The van der Waals surface area contributed by atoms with Gasteiger partial charge in [-0.25, -0.2) is 0 Å². The highest BCUT2D eigenvalue weighted by atomic mass is 32.1. The summed E-state index contributed by atoms with van der Waals surface area (Å²) >= 11 is 3.79. The average Bonchev–Trinajstić information content (AvgIpc) is 3.77. The Morgan fingerprint density at radius 1 is 0.442 bits per heavy atom. The summed E-state index contributed by atoms with van der Waals surface area (Å²) in [4.78, 5) is 4.88. The molecule has 0 bridgehead atoms. The van der Waals surface area contributed by atoms with E-state index in [1.807, 2.05) is 22.7 Å². The van der Waals surface area contributed by atoms with Crippen molar-refractivity contribution in [1.82, 2.24) is 0 Å². The molecule has 0 N–H and O–H groups in total. The van der Waals surface area contributed by atoms with E-state index in [0.29, 0.717) is 0 Å².